The summed E-state index contributed by atoms with van der Waals surface area (Å²) in [5, 5.41) is 10.1. The zero-order chi connectivity index (χ0) is 17.5. The van der Waals surface area contributed by atoms with E-state index in [-0.39, 0.29) is 11.2 Å². The van der Waals surface area contributed by atoms with Gasteiger partial charge in [-0.05, 0) is 37.3 Å². The molecular weight excluding hydrogens is 336 g/mol. The summed E-state index contributed by atoms with van der Waals surface area (Å²) in [6.45, 7) is 1.57. The Hall–Kier alpha value is -2.84. The van der Waals surface area contributed by atoms with Gasteiger partial charge in [-0.3, -0.25) is 9.35 Å². The van der Waals surface area contributed by atoms with Gasteiger partial charge in [-0.2, -0.15) is 8.42 Å². The summed E-state index contributed by atoms with van der Waals surface area (Å²) in [5.41, 5.74) is 0.773. The van der Waals surface area contributed by atoms with Crippen LogP contribution in [0.25, 0.3) is 22.3 Å². The summed E-state index contributed by atoms with van der Waals surface area (Å²) in [4.78, 5) is 12.4. The number of rotatable bonds is 3. The molecule has 24 heavy (non-hydrogen) atoms. The van der Waals surface area contributed by atoms with Crippen LogP contribution in [0, 0.1) is 6.92 Å². The van der Waals surface area contributed by atoms with Gasteiger partial charge in [0, 0.05) is 11.1 Å². The van der Waals surface area contributed by atoms with Crippen LogP contribution in [0.4, 0.5) is 0 Å². The van der Waals surface area contributed by atoms with Crippen molar-refractivity contribution in [3.63, 3.8) is 0 Å². The lowest BCUT2D eigenvalue weighted by atomic mass is 10.1. The first-order valence-corrected chi connectivity index (χ1v) is 8.15. The van der Waals surface area contributed by atoms with Crippen molar-refractivity contribution in [1.29, 1.82) is 0 Å². The molecule has 3 rings (SSSR count). The largest absolute Gasteiger partial charge is 0.504 e. The molecule has 0 atom stereocenters. The van der Waals surface area contributed by atoms with Crippen LogP contribution in [-0.4, -0.2) is 18.1 Å². The van der Waals surface area contributed by atoms with Crippen LogP contribution in [0.1, 0.15) is 5.56 Å². The van der Waals surface area contributed by atoms with Crippen LogP contribution in [0.5, 0.6) is 11.5 Å². The molecule has 0 bridgehead atoms. The van der Waals surface area contributed by atoms with Crippen molar-refractivity contribution >= 4 is 21.4 Å². The lowest BCUT2D eigenvalue weighted by Gasteiger charge is -2.09. The predicted octanol–water partition coefficient (Wildman–Crippen LogP) is 2.66. The minimum atomic E-state index is -4.80. The van der Waals surface area contributed by atoms with Crippen LogP contribution in [0.3, 0.4) is 0 Å². The third kappa shape index (κ3) is 2.97. The lowest BCUT2D eigenvalue weighted by Crippen LogP contribution is -2.08. The Labute approximate surface area is 136 Å². The Morgan fingerprint density at radius 2 is 1.83 bits per heavy atom. The van der Waals surface area contributed by atoms with E-state index in [2.05, 4.69) is 4.18 Å². The molecule has 1 aromatic heterocycles. The molecule has 0 spiro atoms. The fourth-order valence-electron chi connectivity index (χ4n) is 2.35. The first-order chi connectivity index (χ1) is 11.3. The van der Waals surface area contributed by atoms with Gasteiger partial charge in [0.05, 0.1) is 5.39 Å². The van der Waals surface area contributed by atoms with E-state index >= 15 is 0 Å². The Kier molecular flexibility index (Phi) is 3.78. The zero-order valence-electron chi connectivity index (χ0n) is 12.4. The van der Waals surface area contributed by atoms with Crippen molar-refractivity contribution in [1.82, 2.24) is 0 Å². The quantitative estimate of drug-likeness (QED) is 0.699. The highest BCUT2D eigenvalue weighted by molar-refractivity contribution is 7.81. The van der Waals surface area contributed by atoms with E-state index in [9.17, 15) is 18.3 Å². The summed E-state index contributed by atoms with van der Waals surface area (Å²) >= 11 is 0. The van der Waals surface area contributed by atoms with Gasteiger partial charge in [-0.1, -0.05) is 12.1 Å². The summed E-state index contributed by atoms with van der Waals surface area (Å²) in [6.07, 6.45) is 0. The number of fused-ring (bicyclic) bond motifs is 1. The average molecular weight is 348 g/mol. The van der Waals surface area contributed by atoms with E-state index in [4.69, 9.17) is 8.97 Å². The van der Waals surface area contributed by atoms with Crippen molar-refractivity contribution in [2.75, 3.05) is 0 Å². The molecule has 0 amide bonds. The summed E-state index contributed by atoms with van der Waals surface area (Å²) in [7, 11) is -4.80. The topological polar surface area (TPSA) is 114 Å². The highest BCUT2D eigenvalue weighted by Crippen LogP contribution is 2.34. The van der Waals surface area contributed by atoms with Crippen LogP contribution in [0.15, 0.2) is 51.7 Å². The van der Waals surface area contributed by atoms with E-state index in [0.717, 1.165) is 6.07 Å². The normalized spacial score (nSPS) is 11.6. The highest BCUT2D eigenvalue weighted by atomic mass is 32.3. The fraction of sp³-hybridized carbons (Fsp3) is 0.0625. The van der Waals surface area contributed by atoms with E-state index in [1.54, 1.807) is 31.2 Å². The standard InChI is InChI=1S/C16H12O7S/c1-9-15(18)11-4-2-3-5-13(11)22-16(9)10-6-7-12(17)14(8-10)23-24(19,20)21/h2-8,17H,1H3,(H,19,20,21). The summed E-state index contributed by atoms with van der Waals surface area (Å²) in [6, 6.07) is 10.5. The van der Waals surface area contributed by atoms with Gasteiger partial charge >= 0.3 is 10.4 Å². The van der Waals surface area contributed by atoms with Gasteiger partial charge in [-0.25, -0.2) is 0 Å². The highest BCUT2D eigenvalue weighted by Gasteiger charge is 2.17. The summed E-state index contributed by atoms with van der Waals surface area (Å²) in [5.74, 6) is -0.763. The fourth-order valence-corrected chi connectivity index (χ4v) is 2.71. The Morgan fingerprint density at radius 3 is 2.54 bits per heavy atom. The number of para-hydroxylation sites is 1. The number of aromatic hydroxyl groups is 1. The maximum Gasteiger partial charge on any atom is 0.446 e. The van der Waals surface area contributed by atoms with Crippen molar-refractivity contribution in [2.45, 2.75) is 6.92 Å². The molecule has 3 aromatic rings. The van der Waals surface area contributed by atoms with Gasteiger partial charge in [0.2, 0.25) is 0 Å². The molecular formula is C16H12O7S. The second kappa shape index (κ2) is 5.66. The molecule has 7 nitrogen and oxygen atoms in total. The SMILES string of the molecule is Cc1c(-c2ccc(O)c(OS(=O)(=O)O)c2)oc2ccccc2c1=O. The Balaban J connectivity index is 2.23. The number of hydrogen-bond donors (Lipinski definition) is 2. The maximum atomic E-state index is 12.4. The van der Waals surface area contributed by atoms with E-state index in [1.807, 2.05) is 0 Å². The minimum Gasteiger partial charge on any atom is -0.504 e. The molecule has 0 aliphatic carbocycles. The van der Waals surface area contributed by atoms with Crippen LogP contribution >= 0.6 is 0 Å². The third-order valence-electron chi connectivity index (χ3n) is 3.44. The molecule has 0 saturated heterocycles. The third-order valence-corrected chi connectivity index (χ3v) is 3.83. The number of benzene rings is 2. The number of phenolic OH excluding ortho intramolecular Hbond substituents is 1. The molecule has 0 radical (unpaired) electrons. The monoisotopic (exact) mass is 348 g/mol. The minimum absolute atomic E-state index is 0.207. The van der Waals surface area contributed by atoms with Crippen molar-refractivity contribution in [2.24, 2.45) is 0 Å². The second-order valence-electron chi connectivity index (χ2n) is 5.08. The van der Waals surface area contributed by atoms with Gasteiger partial charge in [0.1, 0.15) is 11.3 Å². The van der Waals surface area contributed by atoms with E-state index in [0.29, 0.717) is 22.1 Å². The number of hydrogen-bond acceptors (Lipinski definition) is 6. The zero-order valence-corrected chi connectivity index (χ0v) is 13.2. The Bertz CT molecular complexity index is 1100. The van der Waals surface area contributed by atoms with Gasteiger partial charge in [0.15, 0.2) is 16.9 Å². The van der Waals surface area contributed by atoms with E-state index in [1.165, 1.54) is 12.1 Å². The smallest absolute Gasteiger partial charge is 0.446 e. The van der Waals surface area contributed by atoms with Crippen molar-refractivity contribution < 1.29 is 26.7 Å². The second-order valence-corrected chi connectivity index (χ2v) is 6.10. The molecule has 2 N–H and O–H groups in total. The maximum absolute atomic E-state index is 12.4. The van der Waals surface area contributed by atoms with Crippen LogP contribution in [0.2, 0.25) is 0 Å². The molecule has 1 heterocycles. The van der Waals surface area contributed by atoms with Crippen LogP contribution < -0.4 is 9.61 Å². The first-order valence-electron chi connectivity index (χ1n) is 6.79. The van der Waals surface area contributed by atoms with Crippen LogP contribution in [-0.2, 0) is 10.4 Å². The number of phenols is 1. The Morgan fingerprint density at radius 1 is 1.12 bits per heavy atom. The lowest BCUT2D eigenvalue weighted by molar-refractivity contribution is 0.371. The van der Waals surface area contributed by atoms with Gasteiger partial charge in [0.25, 0.3) is 0 Å². The molecule has 0 aliphatic heterocycles. The first kappa shape index (κ1) is 16.0. The molecule has 124 valence electrons. The molecule has 8 heteroatoms. The molecule has 0 aliphatic rings. The average Bonchev–Trinajstić information content (AvgIpc) is 2.52. The molecule has 0 saturated carbocycles. The van der Waals surface area contributed by atoms with Crippen molar-refractivity contribution in [3.05, 3.63) is 58.3 Å². The molecule has 0 unspecified atom stereocenters. The predicted molar refractivity (Wildman–Crippen MR) is 86.5 cm³/mol. The summed E-state index contributed by atoms with van der Waals surface area (Å²) < 4.78 is 40.5. The molecule has 2 aromatic carbocycles. The molecule has 0 fully saturated rings. The van der Waals surface area contributed by atoms with Gasteiger partial charge < -0.3 is 13.7 Å². The van der Waals surface area contributed by atoms with Gasteiger partial charge in [-0.15, -0.1) is 0 Å². The van der Waals surface area contributed by atoms with Crippen molar-refractivity contribution in [3.8, 4) is 22.8 Å². The van der Waals surface area contributed by atoms with E-state index < -0.39 is 21.9 Å².